The molecule has 136 valence electrons. The number of rotatable bonds is 9. The summed E-state index contributed by atoms with van der Waals surface area (Å²) in [5.74, 6) is 1.63. The van der Waals surface area contributed by atoms with Crippen molar-refractivity contribution in [1.29, 1.82) is 0 Å². The summed E-state index contributed by atoms with van der Waals surface area (Å²) in [4.78, 5) is 13.6. The molecule has 25 heavy (non-hydrogen) atoms. The van der Waals surface area contributed by atoms with Gasteiger partial charge in [-0.15, -0.1) is 0 Å². The molecule has 2 rings (SSSR count). The highest BCUT2D eigenvalue weighted by atomic mass is 16.5. The Morgan fingerprint density at radius 2 is 2.04 bits per heavy atom. The molecular formula is C19H29N3O3+2. The number of nitrogens with two attached hydrogens (primary N) is 1. The van der Waals surface area contributed by atoms with Gasteiger partial charge in [0.1, 0.15) is 12.3 Å². The van der Waals surface area contributed by atoms with E-state index in [0.29, 0.717) is 17.9 Å². The molecule has 1 amide bonds. The van der Waals surface area contributed by atoms with E-state index in [0.717, 1.165) is 12.3 Å². The molecule has 4 N–H and O–H groups in total. The lowest BCUT2D eigenvalue weighted by atomic mass is 10.1. The number of hydrogen-bond acceptors (Lipinski definition) is 3. The van der Waals surface area contributed by atoms with Crippen LogP contribution in [0.2, 0.25) is 0 Å². The van der Waals surface area contributed by atoms with Crippen molar-refractivity contribution in [2.45, 2.75) is 25.4 Å². The molecule has 1 aromatic heterocycles. The fraction of sp³-hybridized carbons (Fsp3) is 0.421. The van der Waals surface area contributed by atoms with E-state index < -0.39 is 0 Å². The van der Waals surface area contributed by atoms with Gasteiger partial charge in [-0.05, 0) is 31.2 Å². The third-order valence-electron chi connectivity index (χ3n) is 4.25. The molecule has 0 spiro atoms. The summed E-state index contributed by atoms with van der Waals surface area (Å²) in [5, 5.41) is 5.12. The number of methoxy groups -OCH3 is 1. The van der Waals surface area contributed by atoms with Gasteiger partial charge in [-0.3, -0.25) is 4.79 Å². The zero-order valence-corrected chi connectivity index (χ0v) is 15.4. The molecule has 2 aromatic rings. The molecule has 0 radical (unpaired) electrons. The van der Waals surface area contributed by atoms with Crippen LogP contribution in [0.15, 0.2) is 47.1 Å². The second-order valence-electron chi connectivity index (χ2n) is 6.55. The molecule has 6 nitrogen and oxygen atoms in total. The van der Waals surface area contributed by atoms with Gasteiger partial charge in [0.15, 0.2) is 11.8 Å². The molecule has 0 aliphatic heterocycles. The minimum absolute atomic E-state index is 0.0139. The van der Waals surface area contributed by atoms with Crippen molar-refractivity contribution < 1.29 is 24.2 Å². The Balaban J connectivity index is 1.84. The summed E-state index contributed by atoms with van der Waals surface area (Å²) in [6, 6.07) is 11.8. The zero-order valence-electron chi connectivity index (χ0n) is 15.4. The average Bonchev–Trinajstić information content (AvgIpc) is 3.09. The number of nitrogens with one attached hydrogen (secondary N) is 2. The number of benzene rings is 1. The van der Waals surface area contributed by atoms with Gasteiger partial charge in [0.05, 0.1) is 45.6 Å². The molecule has 0 bridgehead atoms. The number of carbonyl (C=O) groups is 1. The maximum atomic E-state index is 12.3. The normalized spacial score (nSPS) is 13.5. The van der Waals surface area contributed by atoms with Crippen LogP contribution < -0.4 is 20.3 Å². The molecule has 2 atom stereocenters. The average molecular weight is 347 g/mol. The van der Waals surface area contributed by atoms with Crippen molar-refractivity contribution in [3.63, 3.8) is 0 Å². The molecule has 1 aromatic carbocycles. The Bertz CT molecular complexity index is 656. The van der Waals surface area contributed by atoms with Crippen molar-refractivity contribution in [2.75, 3.05) is 33.1 Å². The molecule has 0 aliphatic rings. The molecule has 0 aliphatic carbocycles. The quantitative estimate of drug-likeness (QED) is 0.617. The zero-order chi connectivity index (χ0) is 18.2. The van der Waals surface area contributed by atoms with Crippen LogP contribution in [0.1, 0.15) is 25.1 Å². The second kappa shape index (κ2) is 9.25. The summed E-state index contributed by atoms with van der Waals surface area (Å²) in [6.45, 7) is 2.92. The fourth-order valence-electron chi connectivity index (χ4n) is 2.82. The van der Waals surface area contributed by atoms with E-state index in [1.807, 2.05) is 36.4 Å². The molecule has 0 fully saturated rings. The highest BCUT2D eigenvalue weighted by molar-refractivity contribution is 5.92. The largest absolute Gasteiger partial charge is 0.495 e. The van der Waals surface area contributed by atoms with E-state index in [1.165, 1.54) is 4.90 Å². The van der Waals surface area contributed by atoms with Crippen molar-refractivity contribution in [2.24, 2.45) is 0 Å². The summed E-state index contributed by atoms with van der Waals surface area (Å²) in [6.07, 6.45) is 2.14. The predicted molar refractivity (Wildman–Crippen MR) is 96.8 cm³/mol. The van der Waals surface area contributed by atoms with Gasteiger partial charge in [0, 0.05) is 0 Å². The Morgan fingerprint density at radius 1 is 1.28 bits per heavy atom. The van der Waals surface area contributed by atoms with Crippen molar-refractivity contribution in [3.8, 4) is 5.75 Å². The number of furan rings is 1. The number of para-hydroxylation sites is 2. The minimum Gasteiger partial charge on any atom is -0.495 e. The van der Waals surface area contributed by atoms with Crippen LogP contribution in [0, 0.1) is 0 Å². The topological polar surface area (TPSA) is 72.5 Å². The molecule has 0 saturated carbocycles. The molecule has 0 unspecified atom stereocenters. The lowest BCUT2D eigenvalue weighted by Crippen LogP contribution is -3.10. The summed E-state index contributed by atoms with van der Waals surface area (Å²) in [7, 11) is 5.82. The van der Waals surface area contributed by atoms with Crippen LogP contribution >= 0.6 is 0 Å². The first-order valence-corrected chi connectivity index (χ1v) is 8.61. The monoisotopic (exact) mass is 347 g/mol. The maximum absolute atomic E-state index is 12.3. The lowest BCUT2D eigenvalue weighted by molar-refractivity contribution is -0.912. The van der Waals surface area contributed by atoms with E-state index in [2.05, 4.69) is 31.7 Å². The number of ether oxygens (including phenoxy) is 1. The van der Waals surface area contributed by atoms with Crippen molar-refractivity contribution in [3.05, 3.63) is 48.4 Å². The smallest absolute Gasteiger partial charge is 0.230 e. The minimum atomic E-state index is -0.0139. The summed E-state index contributed by atoms with van der Waals surface area (Å²) < 4.78 is 10.8. The third-order valence-corrected chi connectivity index (χ3v) is 4.25. The van der Waals surface area contributed by atoms with Gasteiger partial charge >= 0.3 is 0 Å². The first kappa shape index (κ1) is 19.0. The van der Waals surface area contributed by atoms with Crippen LogP contribution in [0.3, 0.4) is 0 Å². The number of carbonyl (C=O) groups excluding carboxylic acids is 1. The van der Waals surface area contributed by atoms with Crippen LogP contribution in [-0.4, -0.2) is 39.7 Å². The number of amides is 1. The Kier molecular flexibility index (Phi) is 7.03. The first-order chi connectivity index (χ1) is 12.0. The first-order valence-electron chi connectivity index (χ1n) is 8.61. The van der Waals surface area contributed by atoms with Gasteiger partial charge in [0.25, 0.3) is 0 Å². The van der Waals surface area contributed by atoms with Crippen LogP contribution in [0.5, 0.6) is 5.75 Å². The highest BCUT2D eigenvalue weighted by Gasteiger charge is 2.24. The molecule has 1 heterocycles. The Morgan fingerprint density at radius 3 is 2.68 bits per heavy atom. The van der Waals surface area contributed by atoms with E-state index in [1.54, 1.807) is 13.4 Å². The van der Waals surface area contributed by atoms with Gasteiger partial charge in [-0.2, -0.15) is 0 Å². The SMILES string of the molecule is COc1ccccc1NC(=O)C[C@H](C)[NH2+]C[C@@H](c1ccco1)[NH+](C)C. The third kappa shape index (κ3) is 5.62. The van der Waals surface area contributed by atoms with E-state index in [9.17, 15) is 4.79 Å². The molecule has 6 heteroatoms. The van der Waals surface area contributed by atoms with Crippen LogP contribution in [0.25, 0.3) is 0 Å². The van der Waals surface area contributed by atoms with Crippen LogP contribution in [-0.2, 0) is 4.79 Å². The Hall–Kier alpha value is -2.31. The van der Waals surface area contributed by atoms with Gasteiger partial charge in [0.2, 0.25) is 5.91 Å². The van der Waals surface area contributed by atoms with E-state index in [-0.39, 0.29) is 18.0 Å². The molecule has 0 saturated heterocycles. The summed E-state index contributed by atoms with van der Waals surface area (Å²) >= 11 is 0. The highest BCUT2D eigenvalue weighted by Crippen LogP contribution is 2.23. The molecular weight excluding hydrogens is 318 g/mol. The number of likely N-dealkylation sites (N-methyl/N-ethyl adjacent to an activating group) is 1. The predicted octanol–water partition coefficient (Wildman–Crippen LogP) is 0.455. The van der Waals surface area contributed by atoms with Gasteiger partial charge < -0.3 is 24.7 Å². The maximum Gasteiger partial charge on any atom is 0.230 e. The van der Waals surface area contributed by atoms with Crippen LogP contribution in [0.4, 0.5) is 5.69 Å². The standard InChI is InChI=1S/C19H27N3O3/c1-14(20-13-16(22(2)3)18-10-7-11-25-18)12-19(23)21-15-8-5-6-9-17(15)24-4/h5-11,14,16,20H,12-13H2,1-4H3,(H,21,23)/p+2/t14-,16-/m0/s1. The second-order valence-corrected chi connectivity index (χ2v) is 6.55. The van der Waals surface area contributed by atoms with Crippen molar-refractivity contribution >= 4 is 11.6 Å². The fourth-order valence-corrected chi connectivity index (χ4v) is 2.82. The lowest BCUT2D eigenvalue weighted by Gasteiger charge is -2.20. The number of anilines is 1. The Labute approximate surface area is 149 Å². The number of hydrogen-bond donors (Lipinski definition) is 3. The van der Waals surface area contributed by atoms with E-state index in [4.69, 9.17) is 9.15 Å². The van der Waals surface area contributed by atoms with Gasteiger partial charge in [-0.1, -0.05) is 12.1 Å². The number of quaternary nitrogens is 2. The van der Waals surface area contributed by atoms with E-state index >= 15 is 0 Å². The van der Waals surface area contributed by atoms with Gasteiger partial charge in [-0.25, -0.2) is 0 Å². The van der Waals surface area contributed by atoms with Crippen molar-refractivity contribution in [1.82, 2.24) is 0 Å². The summed E-state index contributed by atoms with van der Waals surface area (Å²) in [5.41, 5.74) is 0.702.